The van der Waals surface area contributed by atoms with Gasteiger partial charge in [-0.3, -0.25) is 9.69 Å². The zero-order valence-electron chi connectivity index (χ0n) is 21.3. The van der Waals surface area contributed by atoms with Crippen molar-refractivity contribution in [1.29, 1.82) is 0 Å². The van der Waals surface area contributed by atoms with Crippen molar-refractivity contribution in [2.24, 2.45) is 5.92 Å². The molecule has 1 fully saturated rings. The number of rotatable bonds is 6. The highest BCUT2D eigenvalue weighted by molar-refractivity contribution is 7.89. The minimum atomic E-state index is -3.58. The van der Waals surface area contributed by atoms with Crippen LogP contribution in [0.4, 0.5) is 5.13 Å². The molecule has 4 aromatic rings. The van der Waals surface area contributed by atoms with Gasteiger partial charge in [-0.25, -0.2) is 13.4 Å². The Bertz CT molecular complexity index is 1480. The van der Waals surface area contributed by atoms with Crippen LogP contribution in [0.2, 0.25) is 0 Å². The Morgan fingerprint density at radius 3 is 2.27 bits per heavy atom. The van der Waals surface area contributed by atoms with Crippen molar-refractivity contribution < 1.29 is 13.2 Å². The van der Waals surface area contributed by atoms with Crippen LogP contribution >= 0.6 is 11.3 Å². The van der Waals surface area contributed by atoms with Crippen LogP contribution in [-0.2, 0) is 16.6 Å². The summed E-state index contributed by atoms with van der Waals surface area (Å²) in [4.78, 5) is 20.6. The van der Waals surface area contributed by atoms with E-state index in [2.05, 4.69) is 19.9 Å². The molecule has 5 rings (SSSR count). The maximum absolute atomic E-state index is 13.8. The fourth-order valence-corrected chi connectivity index (χ4v) is 7.23. The normalized spacial score (nSPS) is 15.2. The zero-order chi connectivity index (χ0) is 26.2. The van der Waals surface area contributed by atoms with Gasteiger partial charge in [0.25, 0.3) is 5.91 Å². The van der Waals surface area contributed by atoms with Crippen molar-refractivity contribution in [2.45, 2.75) is 45.1 Å². The van der Waals surface area contributed by atoms with E-state index in [0.29, 0.717) is 36.2 Å². The highest BCUT2D eigenvalue weighted by Gasteiger charge is 2.29. The monoisotopic (exact) mass is 533 g/mol. The summed E-state index contributed by atoms with van der Waals surface area (Å²) in [5.41, 5.74) is 4.51. The van der Waals surface area contributed by atoms with E-state index in [4.69, 9.17) is 4.98 Å². The number of piperidine rings is 1. The Balaban J connectivity index is 1.47. The average Bonchev–Trinajstić information content (AvgIpc) is 3.37. The molecular weight excluding hydrogens is 502 g/mol. The number of sulfonamides is 1. The summed E-state index contributed by atoms with van der Waals surface area (Å²) in [6, 6.07) is 20.3. The molecule has 1 aliphatic heterocycles. The van der Waals surface area contributed by atoms with Gasteiger partial charge in [-0.05, 0) is 73.6 Å². The fraction of sp³-hybridized carbons (Fsp3) is 0.310. The number of hydrogen-bond donors (Lipinski definition) is 0. The molecule has 3 aromatic carbocycles. The summed E-state index contributed by atoms with van der Waals surface area (Å²) < 4.78 is 28.9. The fourth-order valence-electron chi connectivity index (χ4n) is 4.66. The molecule has 1 saturated heterocycles. The molecule has 1 aromatic heterocycles. The van der Waals surface area contributed by atoms with Gasteiger partial charge in [0.05, 0.1) is 21.7 Å². The van der Waals surface area contributed by atoms with E-state index in [1.54, 1.807) is 33.5 Å². The molecule has 2 heterocycles. The molecule has 1 amide bonds. The Labute approximate surface area is 222 Å². The van der Waals surface area contributed by atoms with Gasteiger partial charge in [0, 0.05) is 18.7 Å². The van der Waals surface area contributed by atoms with Crippen LogP contribution in [-0.4, -0.2) is 36.7 Å². The van der Waals surface area contributed by atoms with E-state index in [9.17, 15) is 13.2 Å². The Morgan fingerprint density at radius 1 is 0.973 bits per heavy atom. The lowest BCUT2D eigenvalue weighted by molar-refractivity contribution is 0.0985. The number of carbonyl (C=O) groups excluding carboxylic acids is 1. The standard InChI is InChI=1S/C29H31N3O3S2/c1-20-15-17-31(18-16-20)37(34,35)25-13-11-24(12-14-25)28(33)32(19-23-7-5-4-6-8-23)29-30-26-21(2)9-10-22(3)27(26)36-29/h4-14,20H,15-19H2,1-3H3. The third kappa shape index (κ3) is 5.19. The molecule has 1 aliphatic rings. The number of carbonyl (C=O) groups is 1. The van der Waals surface area contributed by atoms with Crippen molar-refractivity contribution >= 4 is 42.6 Å². The quantitative estimate of drug-likeness (QED) is 0.297. The van der Waals surface area contributed by atoms with Crippen molar-refractivity contribution in [2.75, 3.05) is 18.0 Å². The number of amides is 1. The van der Waals surface area contributed by atoms with Gasteiger partial charge in [0.15, 0.2) is 5.13 Å². The molecule has 0 saturated carbocycles. The van der Waals surface area contributed by atoms with Gasteiger partial charge in [0.2, 0.25) is 10.0 Å². The number of anilines is 1. The summed E-state index contributed by atoms with van der Waals surface area (Å²) in [6.07, 6.45) is 1.73. The van der Waals surface area contributed by atoms with Crippen molar-refractivity contribution in [3.8, 4) is 0 Å². The van der Waals surface area contributed by atoms with Gasteiger partial charge in [-0.15, -0.1) is 0 Å². The van der Waals surface area contributed by atoms with Crippen molar-refractivity contribution in [3.05, 3.63) is 89.0 Å². The summed E-state index contributed by atoms with van der Waals surface area (Å²) in [5, 5.41) is 0.625. The molecule has 6 nitrogen and oxygen atoms in total. The van der Waals surface area contributed by atoms with Gasteiger partial charge in [-0.2, -0.15) is 4.31 Å². The maximum Gasteiger partial charge on any atom is 0.260 e. The molecule has 0 N–H and O–H groups in total. The molecule has 0 aliphatic carbocycles. The van der Waals surface area contributed by atoms with Gasteiger partial charge < -0.3 is 0 Å². The summed E-state index contributed by atoms with van der Waals surface area (Å²) >= 11 is 1.51. The third-order valence-electron chi connectivity index (χ3n) is 7.07. The van der Waals surface area contributed by atoms with E-state index in [1.807, 2.05) is 43.3 Å². The summed E-state index contributed by atoms with van der Waals surface area (Å²) in [7, 11) is -3.58. The smallest absolute Gasteiger partial charge is 0.260 e. The number of aryl methyl sites for hydroxylation is 2. The molecule has 0 unspecified atom stereocenters. The van der Waals surface area contributed by atoms with Crippen LogP contribution in [0, 0.1) is 19.8 Å². The second-order valence-electron chi connectivity index (χ2n) is 9.86. The molecule has 0 bridgehead atoms. The Morgan fingerprint density at radius 2 is 1.62 bits per heavy atom. The molecular formula is C29H31N3O3S2. The van der Waals surface area contributed by atoms with Crippen LogP contribution in [0.5, 0.6) is 0 Å². The Kier molecular flexibility index (Phi) is 7.16. The first-order valence-corrected chi connectivity index (χ1v) is 14.8. The lowest BCUT2D eigenvalue weighted by atomic mass is 10.0. The van der Waals surface area contributed by atoms with Crippen molar-refractivity contribution in [1.82, 2.24) is 9.29 Å². The molecule has 37 heavy (non-hydrogen) atoms. The maximum atomic E-state index is 13.8. The molecule has 192 valence electrons. The van der Waals surface area contributed by atoms with Crippen LogP contribution in [0.15, 0.2) is 71.6 Å². The number of hydrogen-bond acceptors (Lipinski definition) is 5. The first-order chi connectivity index (χ1) is 17.7. The first-order valence-electron chi connectivity index (χ1n) is 12.6. The van der Waals surface area contributed by atoms with Crippen LogP contribution in [0.1, 0.15) is 46.8 Å². The lowest BCUT2D eigenvalue weighted by Gasteiger charge is -2.29. The predicted octanol–water partition coefficient (Wildman–Crippen LogP) is 6.18. The van der Waals surface area contributed by atoms with E-state index in [1.165, 1.54) is 11.3 Å². The third-order valence-corrected chi connectivity index (χ3v) is 10.2. The topological polar surface area (TPSA) is 70.6 Å². The molecule has 0 radical (unpaired) electrons. The molecule has 0 atom stereocenters. The van der Waals surface area contributed by atoms with Gasteiger partial charge >= 0.3 is 0 Å². The largest absolute Gasteiger partial charge is 0.279 e. The summed E-state index contributed by atoms with van der Waals surface area (Å²) in [5.74, 6) is 0.325. The first kappa shape index (κ1) is 25.6. The number of aromatic nitrogens is 1. The minimum Gasteiger partial charge on any atom is -0.279 e. The van der Waals surface area contributed by atoms with Crippen LogP contribution in [0.3, 0.4) is 0 Å². The zero-order valence-corrected chi connectivity index (χ0v) is 23.0. The lowest BCUT2D eigenvalue weighted by Crippen LogP contribution is -2.37. The number of nitrogens with zero attached hydrogens (tertiary/aromatic N) is 3. The average molecular weight is 534 g/mol. The predicted molar refractivity (Wildman–Crippen MR) is 150 cm³/mol. The van der Waals surface area contributed by atoms with E-state index < -0.39 is 10.0 Å². The second kappa shape index (κ2) is 10.4. The van der Waals surface area contributed by atoms with E-state index in [0.717, 1.165) is 39.7 Å². The number of fused-ring (bicyclic) bond motifs is 1. The van der Waals surface area contributed by atoms with E-state index >= 15 is 0 Å². The van der Waals surface area contributed by atoms with E-state index in [-0.39, 0.29) is 10.8 Å². The summed E-state index contributed by atoms with van der Waals surface area (Å²) in [6.45, 7) is 7.66. The SMILES string of the molecule is Cc1ccc(C)c2sc(N(Cc3ccccc3)C(=O)c3ccc(S(=O)(=O)N4CCC(C)CC4)cc3)nc12. The Hall–Kier alpha value is -3.07. The van der Waals surface area contributed by atoms with Gasteiger partial charge in [-0.1, -0.05) is 60.7 Å². The van der Waals surface area contributed by atoms with Crippen molar-refractivity contribution in [3.63, 3.8) is 0 Å². The molecule has 8 heteroatoms. The second-order valence-corrected chi connectivity index (χ2v) is 12.8. The minimum absolute atomic E-state index is 0.214. The van der Waals surface area contributed by atoms with Gasteiger partial charge in [0.1, 0.15) is 0 Å². The highest BCUT2D eigenvalue weighted by atomic mass is 32.2. The van der Waals surface area contributed by atoms with Crippen LogP contribution in [0.25, 0.3) is 10.2 Å². The number of thiazole rings is 1. The van der Waals surface area contributed by atoms with Crippen LogP contribution < -0.4 is 4.90 Å². The highest BCUT2D eigenvalue weighted by Crippen LogP contribution is 2.34. The number of benzene rings is 3. The molecule has 0 spiro atoms.